The number of para-hydroxylation sites is 1. The minimum Gasteiger partial charge on any atom is -0.409 e. The van der Waals surface area contributed by atoms with E-state index in [4.69, 9.17) is 10.9 Å². The Hall–Kier alpha value is -2.57. The lowest BCUT2D eigenvalue weighted by Gasteiger charge is -2.21. The van der Waals surface area contributed by atoms with Crippen LogP contribution in [0, 0.1) is 0 Å². The smallest absolute Gasteiger partial charge is 0.172 e. The first-order valence-corrected chi connectivity index (χ1v) is 5.74. The number of benzene rings is 1. The summed E-state index contributed by atoms with van der Waals surface area (Å²) in [5, 5.41) is 15.9. The lowest BCUT2D eigenvalue weighted by atomic mass is 10.1. The maximum absolute atomic E-state index is 8.81. The van der Waals surface area contributed by atoms with Crippen molar-refractivity contribution < 1.29 is 5.21 Å². The SMILES string of the molecule is CN(Cc1ncnn1C)c1ccccc1C(N)=NO. The number of anilines is 1. The quantitative estimate of drug-likeness (QED) is 0.362. The van der Waals surface area contributed by atoms with Crippen LogP contribution in [0.4, 0.5) is 5.69 Å². The molecule has 0 unspecified atom stereocenters. The molecule has 7 heteroatoms. The van der Waals surface area contributed by atoms with Crippen LogP contribution in [-0.4, -0.2) is 32.9 Å². The van der Waals surface area contributed by atoms with Gasteiger partial charge in [0.25, 0.3) is 0 Å². The standard InChI is InChI=1S/C12H16N6O/c1-17(7-11-14-8-15-18(11)2)10-6-4-3-5-9(10)12(13)16-19/h3-6,8,19H,7H2,1-2H3,(H2,13,16). The van der Waals surface area contributed by atoms with Gasteiger partial charge >= 0.3 is 0 Å². The van der Waals surface area contributed by atoms with Crippen LogP contribution in [0.5, 0.6) is 0 Å². The highest BCUT2D eigenvalue weighted by molar-refractivity contribution is 6.02. The molecule has 2 rings (SSSR count). The van der Waals surface area contributed by atoms with E-state index in [9.17, 15) is 0 Å². The lowest BCUT2D eigenvalue weighted by Crippen LogP contribution is -2.24. The van der Waals surface area contributed by atoms with E-state index in [0.29, 0.717) is 12.1 Å². The average molecular weight is 260 g/mol. The van der Waals surface area contributed by atoms with Crippen LogP contribution in [0.15, 0.2) is 35.7 Å². The second-order valence-corrected chi connectivity index (χ2v) is 4.16. The number of oxime groups is 1. The Labute approximate surface area is 111 Å². The maximum atomic E-state index is 8.81. The van der Waals surface area contributed by atoms with E-state index in [2.05, 4.69) is 15.2 Å². The number of nitrogens with zero attached hydrogens (tertiary/aromatic N) is 5. The van der Waals surface area contributed by atoms with Gasteiger partial charge in [-0.15, -0.1) is 0 Å². The number of nitrogens with two attached hydrogens (primary N) is 1. The van der Waals surface area contributed by atoms with Crippen molar-refractivity contribution in [2.24, 2.45) is 17.9 Å². The van der Waals surface area contributed by atoms with Crippen molar-refractivity contribution in [1.29, 1.82) is 0 Å². The van der Waals surface area contributed by atoms with Crippen LogP contribution in [0.2, 0.25) is 0 Å². The molecule has 1 aromatic carbocycles. The number of aryl methyl sites for hydroxylation is 1. The third-order valence-corrected chi connectivity index (χ3v) is 2.88. The monoisotopic (exact) mass is 260 g/mol. The molecule has 0 atom stereocenters. The van der Waals surface area contributed by atoms with Gasteiger partial charge in [-0.1, -0.05) is 17.3 Å². The zero-order valence-electron chi connectivity index (χ0n) is 10.9. The number of hydrogen-bond donors (Lipinski definition) is 2. The third kappa shape index (κ3) is 2.65. The summed E-state index contributed by atoms with van der Waals surface area (Å²) < 4.78 is 1.71. The van der Waals surface area contributed by atoms with Crippen molar-refractivity contribution in [3.8, 4) is 0 Å². The Morgan fingerprint density at radius 2 is 2.21 bits per heavy atom. The molecule has 0 saturated carbocycles. The molecule has 0 aliphatic heterocycles. The molecule has 19 heavy (non-hydrogen) atoms. The Morgan fingerprint density at radius 1 is 1.47 bits per heavy atom. The molecule has 0 aliphatic rings. The summed E-state index contributed by atoms with van der Waals surface area (Å²) in [6, 6.07) is 7.45. The number of hydrogen-bond acceptors (Lipinski definition) is 5. The van der Waals surface area contributed by atoms with E-state index < -0.39 is 0 Å². The molecule has 0 aliphatic carbocycles. The van der Waals surface area contributed by atoms with Gasteiger partial charge in [0, 0.05) is 25.3 Å². The summed E-state index contributed by atoms with van der Waals surface area (Å²) >= 11 is 0. The molecular formula is C12H16N6O. The predicted molar refractivity (Wildman–Crippen MR) is 72.1 cm³/mol. The number of rotatable bonds is 4. The van der Waals surface area contributed by atoms with Crippen molar-refractivity contribution in [3.05, 3.63) is 42.0 Å². The van der Waals surface area contributed by atoms with E-state index in [1.165, 1.54) is 6.33 Å². The molecule has 1 heterocycles. The maximum Gasteiger partial charge on any atom is 0.172 e. The summed E-state index contributed by atoms with van der Waals surface area (Å²) in [4.78, 5) is 6.14. The Bertz CT molecular complexity index is 591. The van der Waals surface area contributed by atoms with Crippen LogP contribution < -0.4 is 10.6 Å². The van der Waals surface area contributed by atoms with Gasteiger partial charge in [0.15, 0.2) is 5.84 Å². The van der Waals surface area contributed by atoms with Gasteiger partial charge in [-0.25, -0.2) is 4.98 Å². The average Bonchev–Trinajstić information content (AvgIpc) is 2.83. The minimum atomic E-state index is 0.0837. The van der Waals surface area contributed by atoms with Crippen LogP contribution in [-0.2, 0) is 13.6 Å². The zero-order chi connectivity index (χ0) is 13.8. The van der Waals surface area contributed by atoms with Gasteiger partial charge < -0.3 is 15.8 Å². The highest BCUT2D eigenvalue weighted by Crippen LogP contribution is 2.20. The molecule has 0 spiro atoms. The topological polar surface area (TPSA) is 92.6 Å². The second-order valence-electron chi connectivity index (χ2n) is 4.16. The van der Waals surface area contributed by atoms with Crippen LogP contribution in [0.1, 0.15) is 11.4 Å². The van der Waals surface area contributed by atoms with E-state index in [1.807, 2.05) is 37.2 Å². The summed E-state index contributed by atoms with van der Waals surface area (Å²) in [5.74, 6) is 0.914. The molecule has 2 aromatic rings. The first kappa shape index (κ1) is 12.9. The summed E-state index contributed by atoms with van der Waals surface area (Å²) in [6.07, 6.45) is 1.51. The van der Waals surface area contributed by atoms with E-state index in [1.54, 1.807) is 10.7 Å². The van der Waals surface area contributed by atoms with Gasteiger partial charge in [0.1, 0.15) is 12.2 Å². The minimum absolute atomic E-state index is 0.0837. The lowest BCUT2D eigenvalue weighted by molar-refractivity contribution is 0.318. The highest BCUT2D eigenvalue weighted by atomic mass is 16.4. The molecule has 0 radical (unpaired) electrons. The van der Waals surface area contributed by atoms with Gasteiger partial charge in [0.05, 0.1) is 6.54 Å². The van der Waals surface area contributed by atoms with E-state index >= 15 is 0 Å². The predicted octanol–water partition coefficient (Wildman–Crippen LogP) is 0.546. The Balaban J connectivity index is 2.29. The van der Waals surface area contributed by atoms with Crippen molar-refractivity contribution in [2.45, 2.75) is 6.54 Å². The van der Waals surface area contributed by atoms with Crippen molar-refractivity contribution in [3.63, 3.8) is 0 Å². The fourth-order valence-corrected chi connectivity index (χ4v) is 1.84. The molecule has 100 valence electrons. The molecule has 0 saturated heterocycles. The largest absolute Gasteiger partial charge is 0.409 e. The first-order chi connectivity index (χ1) is 9.13. The van der Waals surface area contributed by atoms with Gasteiger partial charge in [-0.05, 0) is 12.1 Å². The summed E-state index contributed by atoms with van der Waals surface area (Å²) in [5.41, 5.74) is 7.21. The van der Waals surface area contributed by atoms with Crippen LogP contribution >= 0.6 is 0 Å². The Morgan fingerprint density at radius 3 is 2.84 bits per heavy atom. The fourth-order valence-electron chi connectivity index (χ4n) is 1.84. The fraction of sp³-hybridized carbons (Fsp3) is 0.250. The molecule has 1 aromatic heterocycles. The zero-order valence-corrected chi connectivity index (χ0v) is 10.9. The van der Waals surface area contributed by atoms with Crippen LogP contribution in [0.3, 0.4) is 0 Å². The van der Waals surface area contributed by atoms with E-state index in [0.717, 1.165) is 11.5 Å². The summed E-state index contributed by atoms with van der Waals surface area (Å²) in [7, 11) is 3.75. The molecule has 7 nitrogen and oxygen atoms in total. The van der Waals surface area contributed by atoms with Crippen molar-refractivity contribution in [2.75, 3.05) is 11.9 Å². The number of amidine groups is 1. The van der Waals surface area contributed by atoms with Crippen molar-refractivity contribution >= 4 is 11.5 Å². The Kier molecular flexibility index (Phi) is 3.65. The molecule has 0 bridgehead atoms. The van der Waals surface area contributed by atoms with E-state index in [-0.39, 0.29) is 5.84 Å². The molecule has 3 N–H and O–H groups in total. The molecule has 0 amide bonds. The van der Waals surface area contributed by atoms with Gasteiger partial charge in [0.2, 0.25) is 0 Å². The third-order valence-electron chi connectivity index (χ3n) is 2.88. The molecule has 0 fully saturated rings. The molecular weight excluding hydrogens is 244 g/mol. The summed E-state index contributed by atoms with van der Waals surface area (Å²) in [6.45, 7) is 0.576. The first-order valence-electron chi connectivity index (χ1n) is 5.74. The second kappa shape index (κ2) is 5.38. The number of aromatic nitrogens is 3. The highest BCUT2D eigenvalue weighted by Gasteiger charge is 2.12. The van der Waals surface area contributed by atoms with Gasteiger partial charge in [-0.3, -0.25) is 4.68 Å². The van der Waals surface area contributed by atoms with Gasteiger partial charge in [-0.2, -0.15) is 5.10 Å². The van der Waals surface area contributed by atoms with Crippen molar-refractivity contribution in [1.82, 2.24) is 14.8 Å². The normalized spacial score (nSPS) is 11.6. The van der Waals surface area contributed by atoms with Crippen LogP contribution in [0.25, 0.3) is 0 Å².